The zero-order chi connectivity index (χ0) is 14.1. The molecule has 0 saturated carbocycles. The minimum absolute atomic E-state index is 0.270. The fourth-order valence-corrected chi connectivity index (χ4v) is 2.13. The first-order chi connectivity index (χ1) is 8.86. The summed E-state index contributed by atoms with van der Waals surface area (Å²) in [5, 5.41) is 0. The van der Waals surface area contributed by atoms with Gasteiger partial charge in [0, 0.05) is 0 Å². The Morgan fingerprint density at radius 2 is 1.53 bits per heavy atom. The smallest absolute Gasteiger partial charge is 0.399 e. The molecule has 1 aliphatic rings. The minimum atomic E-state index is -0.282. The molecule has 1 heterocycles. The molecule has 0 aromatic heterocycles. The number of hydrogen-bond donors (Lipinski definition) is 1. The Bertz CT molecular complexity index is 412. The van der Waals surface area contributed by atoms with Gasteiger partial charge < -0.3 is 15.0 Å². The molecule has 1 fully saturated rings. The molecule has 1 aromatic rings. The monoisotopic (exact) mass is 261 g/mol. The van der Waals surface area contributed by atoms with Gasteiger partial charge in [-0.25, -0.2) is 0 Å². The maximum absolute atomic E-state index is 6.03. The number of hydrogen-bond acceptors (Lipinski definition) is 3. The van der Waals surface area contributed by atoms with Crippen molar-refractivity contribution >= 4 is 12.6 Å². The lowest BCUT2D eigenvalue weighted by atomic mass is 9.79. The normalized spacial score (nSPS) is 20.8. The number of rotatable bonds is 4. The zero-order valence-electron chi connectivity index (χ0n) is 12.4. The molecule has 0 unspecified atom stereocenters. The average molecular weight is 261 g/mol. The van der Waals surface area contributed by atoms with Crippen molar-refractivity contribution in [3.8, 4) is 0 Å². The summed E-state index contributed by atoms with van der Waals surface area (Å²) >= 11 is 0. The molecule has 0 spiro atoms. The number of aryl methyl sites for hydroxylation is 1. The maximum atomic E-state index is 6.03. The van der Waals surface area contributed by atoms with Crippen LogP contribution in [0.15, 0.2) is 24.3 Å². The van der Waals surface area contributed by atoms with Crippen LogP contribution in [0.5, 0.6) is 0 Å². The van der Waals surface area contributed by atoms with Crippen LogP contribution in [0.2, 0.25) is 0 Å². The van der Waals surface area contributed by atoms with E-state index in [4.69, 9.17) is 15.0 Å². The van der Waals surface area contributed by atoms with Gasteiger partial charge in [0.05, 0.1) is 11.2 Å². The predicted octanol–water partition coefficient (Wildman–Crippen LogP) is 1.88. The van der Waals surface area contributed by atoms with Gasteiger partial charge in [-0.15, -0.1) is 0 Å². The van der Waals surface area contributed by atoms with E-state index in [1.54, 1.807) is 0 Å². The second-order valence-electron chi connectivity index (χ2n) is 6.22. The molecule has 0 atom stereocenters. The first kappa shape index (κ1) is 14.6. The second kappa shape index (κ2) is 5.27. The van der Waals surface area contributed by atoms with Crippen molar-refractivity contribution in [2.24, 2.45) is 5.73 Å². The Morgan fingerprint density at radius 3 is 2.00 bits per heavy atom. The van der Waals surface area contributed by atoms with Crippen LogP contribution < -0.4 is 11.2 Å². The van der Waals surface area contributed by atoms with Crippen molar-refractivity contribution in [2.75, 3.05) is 6.54 Å². The molecular weight excluding hydrogens is 237 g/mol. The molecule has 1 aliphatic heterocycles. The van der Waals surface area contributed by atoms with Crippen LogP contribution in [0.4, 0.5) is 0 Å². The van der Waals surface area contributed by atoms with Crippen LogP contribution in [0, 0.1) is 0 Å². The van der Waals surface area contributed by atoms with Crippen LogP contribution in [-0.4, -0.2) is 24.9 Å². The Morgan fingerprint density at radius 1 is 1.00 bits per heavy atom. The van der Waals surface area contributed by atoms with Crippen molar-refractivity contribution in [2.45, 2.75) is 51.7 Å². The van der Waals surface area contributed by atoms with E-state index in [0.29, 0.717) is 0 Å². The molecule has 4 heteroatoms. The Balaban J connectivity index is 2.08. The SMILES string of the molecule is CC1(C)OB(c2ccc(CCCN)cc2)OC1(C)C. The van der Waals surface area contributed by atoms with Crippen LogP contribution in [0.3, 0.4) is 0 Å². The molecule has 2 rings (SSSR count). The number of nitrogens with two attached hydrogens (primary N) is 1. The first-order valence-corrected chi connectivity index (χ1v) is 7.00. The maximum Gasteiger partial charge on any atom is 0.494 e. The molecule has 2 N–H and O–H groups in total. The topological polar surface area (TPSA) is 44.5 Å². The van der Waals surface area contributed by atoms with E-state index in [2.05, 4.69) is 52.0 Å². The van der Waals surface area contributed by atoms with Gasteiger partial charge in [0.25, 0.3) is 0 Å². The summed E-state index contributed by atoms with van der Waals surface area (Å²) in [6, 6.07) is 8.45. The van der Waals surface area contributed by atoms with E-state index in [1.807, 2.05) is 0 Å². The quantitative estimate of drug-likeness (QED) is 0.841. The molecule has 104 valence electrons. The predicted molar refractivity (Wildman–Crippen MR) is 79.5 cm³/mol. The van der Waals surface area contributed by atoms with Crippen molar-refractivity contribution in [1.82, 2.24) is 0 Å². The average Bonchev–Trinajstić information content (AvgIpc) is 2.56. The third kappa shape index (κ3) is 3.02. The summed E-state index contributed by atoms with van der Waals surface area (Å²) in [5.41, 5.74) is 7.35. The summed E-state index contributed by atoms with van der Waals surface area (Å²) in [4.78, 5) is 0. The zero-order valence-corrected chi connectivity index (χ0v) is 12.4. The van der Waals surface area contributed by atoms with Gasteiger partial charge in [-0.05, 0) is 58.1 Å². The van der Waals surface area contributed by atoms with Gasteiger partial charge in [-0.2, -0.15) is 0 Å². The summed E-state index contributed by atoms with van der Waals surface area (Å²) in [5.74, 6) is 0. The van der Waals surface area contributed by atoms with E-state index < -0.39 is 0 Å². The minimum Gasteiger partial charge on any atom is -0.399 e. The third-order valence-electron chi connectivity index (χ3n) is 4.17. The lowest BCUT2D eigenvalue weighted by molar-refractivity contribution is 0.00578. The Kier molecular flexibility index (Phi) is 4.04. The van der Waals surface area contributed by atoms with Crippen LogP contribution in [0.25, 0.3) is 0 Å². The van der Waals surface area contributed by atoms with Gasteiger partial charge in [0.1, 0.15) is 0 Å². The van der Waals surface area contributed by atoms with Gasteiger partial charge in [0.15, 0.2) is 0 Å². The van der Waals surface area contributed by atoms with Crippen LogP contribution >= 0.6 is 0 Å². The van der Waals surface area contributed by atoms with E-state index in [1.165, 1.54) is 5.56 Å². The van der Waals surface area contributed by atoms with Gasteiger partial charge in [-0.3, -0.25) is 0 Å². The highest BCUT2D eigenvalue weighted by Gasteiger charge is 2.51. The largest absolute Gasteiger partial charge is 0.494 e. The summed E-state index contributed by atoms with van der Waals surface area (Å²) in [6.07, 6.45) is 2.05. The van der Waals surface area contributed by atoms with E-state index >= 15 is 0 Å². The standard InChI is InChI=1S/C15H24BNO2/c1-14(2)15(3,4)19-16(18-14)13-9-7-12(8-10-13)6-5-11-17/h7-10H,5-6,11,17H2,1-4H3. The van der Waals surface area contributed by atoms with Crippen molar-refractivity contribution in [3.63, 3.8) is 0 Å². The molecule has 3 nitrogen and oxygen atoms in total. The summed E-state index contributed by atoms with van der Waals surface area (Å²) in [6.45, 7) is 9.02. The van der Waals surface area contributed by atoms with Gasteiger partial charge in [-0.1, -0.05) is 24.3 Å². The molecule has 19 heavy (non-hydrogen) atoms. The summed E-state index contributed by atoms with van der Waals surface area (Å²) in [7, 11) is -0.270. The van der Waals surface area contributed by atoms with E-state index in [-0.39, 0.29) is 18.3 Å². The molecule has 0 radical (unpaired) electrons. The lowest BCUT2D eigenvalue weighted by Crippen LogP contribution is -2.41. The molecule has 0 amide bonds. The van der Waals surface area contributed by atoms with Crippen molar-refractivity contribution in [3.05, 3.63) is 29.8 Å². The first-order valence-electron chi connectivity index (χ1n) is 7.00. The Hall–Kier alpha value is -0.835. The molecule has 0 bridgehead atoms. The third-order valence-corrected chi connectivity index (χ3v) is 4.17. The number of benzene rings is 1. The lowest BCUT2D eigenvalue weighted by Gasteiger charge is -2.32. The highest BCUT2D eigenvalue weighted by molar-refractivity contribution is 6.62. The highest BCUT2D eigenvalue weighted by Crippen LogP contribution is 2.36. The van der Waals surface area contributed by atoms with Crippen LogP contribution in [0.1, 0.15) is 39.7 Å². The van der Waals surface area contributed by atoms with Gasteiger partial charge in [0.2, 0.25) is 0 Å². The highest BCUT2D eigenvalue weighted by atomic mass is 16.7. The van der Waals surface area contributed by atoms with Crippen molar-refractivity contribution < 1.29 is 9.31 Å². The molecular formula is C15H24BNO2. The molecule has 1 aromatic carbocycles. The fourth-order valence-electron chi connectivity index (χ4n) is 2.13. The van der Waals surface area contributed by atoms with Crippen LogP contribution in [-0.2, 0) is 15.7 Å². The van der Waals surface area contributed by atoms with Crippen molar-refractivity contribution in [1.29, 1.82) is 0 Å². The van der Waals surface area contributed by atoms with E-state index in [0.717, 1.165) is 24.8 Å². The fraction of sp³-hybridized carbons (Fsp3) is 0.600. The second-order valence-corrected chi connectivity index (χ2v) is 6.22. The van der Waals surface area contributed by atoms with Gasteiger partial charge >= 0.3 is 7.12 Å². The van der Waals surface area contributed by atoms with E-state index in [9.17, 15) is 0 Å². The molecule has 1 saturated heterocycles. The Labute approximate surface area is 116 Å². The molecule has 0 aliphatic carbocycles. The summed E-state index contributed by atoms with van der Waals surface area (Å²) < 4.78 is 12.1.